The Labute approximate surface area is 118 Å². The van der Waals surface area contributed by atoms with E-state index in [0.717, 1.165) is 0 Å². The number of nitrogens with one attached hydrogen (secondary N) is 1. The predicted octanol–water partition coefficient (Wildman–Crippen LogP) is 0.142. The monoisotopic (exact) mass is 293 g/mol. The van der Waals surface area contributed by atoms with E-state index in [9.17, 15) is 24.5 Å². The van der Waals surface area contributed by atoms with Gasteiger partial charge >= 0.3 is 12.0 Å². The molecule has 3 amide bonds. The normalized spacial score (nSPS) is 17.7. The Morgan fingerprint density at radius 3 is 2.48 bits per heavy atom. The molecule has 1 atom stereocenters. The number of hydrogen-bond donors (Lipinski definition) is 2. The van der Waals surface area contributed by atoms with Gasteiger partial charge in [0.15, 0.2) is 0 Å². The lowest BCUT2D eigenvalue weighted by molar-refractivity contribution is -0.384. The fraction of sp³-hybridized carbons (Fsp3) is 0.250. The Balaban J connectivity index is 2.06. The van der Waals surface area contributed by atoms with Crippen molar-refractivity contribution in [2.24, 2.45) is 0 Å². The van der Waals surface area contributed by atoms with Gasteiger partial charge in [-0.25, -0.2) is 4.79 Å². The van der Waals surface area contributed by atoms with Gasteiger partial charge in [-0.2, -0.15) is 0 Å². The zero-order chi connectivity index (χ0) is 15.6. The lowest BCUT2D eigenvalue weighted by Gasteiger charge is -2.10. The van der Waals surface area contributed by atoms with E-state index in [-0.39, 0.29) is 12.1 Å². The van der Waals surface area contributed by atoms with Crippen LogP contribution in [0, 0.1) is 10.1 Å². The van der Waals surface area contributed by atoms with E-state index in [1.54, 1.807) is 0 Å². The summed E-state index contributed by atoms with van der Waals surface area (Å²) in [5, 5.41) is 21.5. The molecule has 9 nitrogen and oxygen atoms in total. The van der Waals surface area contributed by atoms with Crippen molar-refractivity contribution in [3.8, 4) is 0 Å². The molecule has 0 radical (unpaired) electrons. The summed E-state index contributed by atoms with van der Waals surface area (Å²) < 4.78 is 0. The van der Waals surface area contributed by atoms with Crippen LogP contribution in [0.1, 0.15) is 5.56 Å². The van der Waals surface area contributed by atoms with Crippen molar-refractivity contribution in [3.05, 3.63) is 39.9 Å². The van der Waals surface area contributed by atoms with Crippen LogP contribution in [-0.4, -0.2) is 45.4 Å². The first kappa shape index (κ1) is 14.4. The van der Waals surface area contributed by atoms with Gasteiger partial charge in [0.05, 0.1) is 4.92 Å². The van der Waals surface area contributed by atoms with Gasteiger partial charge in [0.25, 0.3) is 11.6 Å². The van der Waals surface area contributed by atoms with Gasteiger partial charge in [-0.15, -0.1) is 0 Å². The minimum atomic E-state index is -1.28. The summed E-state index contributed by atoms with van der Waals surface area (Å²) >= 11 is 0. The summed E-state index contributed by atoms with van der Waals surface area (Å²) in [5.74, 6) is -1.91. The lowest BCUT2D eigenvalue weighted by Crippen LogP contribution is -2.36. The van der Waals surface area contributed by atoms with Crippen LogP contribution < -0.4 is 5.32 Å². The fourth-order valence-electron chi connectivity index (χ4n) is 1.99. The second kappa shape index (κ2) is 5.57. The Hall–Kier alpha value is -2.97. The summed E-state index contributed by atoms with van der Waals surface area (Å²) in [7, 11) is 0. The van der Waals surface area contributed by atoms with Crippen LogP contribution in [0.25, 0.3) is 0 Å². The molecule has 1 heterocycles. The zero-order valence-electron chi connectivity index (χ0n) is 10.7. The maximum absolute atomic E-state index is 11.9. The molecule has 21 heavy (non-hydrogen) atoms. The van der Waals surface area contributed by atoms with Gasteiger partial charge < -0.3 is 10.4 Å². The second-order valence-electron chi connectivity index (χ2n) is 4.45. The van der Waals surface area contributed by atoms with E-state index < -0.39 is 35.4 Å². The highest BCUT2D eigenvalue weighted by atomic mass is 16.6. The molecule has 1 aromatic rings. The summed E-state index contributed by atoms with van der Waals surface area (Å²) in [5.41, 5.74) is 0.546. The number of imide groups is 1. The minimum absolute atomic E-state index is 0.0759. The van der Waals surface area contributed by atoms with Crippen molar-refractivity contribution in [2.45, 2.75) is 12.5 Å². The van der Waals surface area contributed by atoms with E-state index in [1.807, 2.05) is 0 Å². The first-order valence-electron chi connectivity index (χ1n) is 5.95. The number of benzene rings is 1. The van der Waals surface area contributed by atoms with E-state index >= 15 is 0 Å². The molecule has 1 aliphatic rings. The molecular formula is C12H11N3O6. The number of carboxylic acid groups (broad SMARTS) is 1. The Bertz CT molecular complexity index is 612. The molecular weight excluding hydrogens is 282 g/mol. The van der Waals surface area contributed by atoms with Crippen LogP contribution in [0.2, 0.25) is 0 Å². The first-order valence-corrected chi connectivity index (χ1v) is 5.95. The SMILES string of the molecule is O=C(O)CN1C(=O)N[C@@H](Cc2ccc([N+](=O)[O-])cc2)C1=O. The highest BCUT2D eigenvalue weighted by Crippen LogP contribution is 2.16. The Morgan fingerprint density at radius 2 is 1.95 bits per heavy atom. The molecule has 0 spiro atoms. The molecule has 2 N–H and O–H groups in total. The first-order chi connectivity index (χ1) is 9.88. The molecule has 0 saturated carbocycles. The number of nitrogens with zero attached hydrogens (tertiary/aromatic N) is 2. The molecule has 0 aromatic heterocycles. The third-order valence-corrected chi connectivity index (χ3v) is 2.99. The number of hydrogen-bond acceptors (Lipinski definition) is 5. The zero-order valence-corrected chi connectivity index (χ0v) is 10.7. The van der Waals surface area contributed by atoms with Crippen molar-refractivity contribution in [1.29, 1.82) is 0 Å². The molecule has 1 aliphatic heterocycles. The van der Waals surface area contributed by atoms with Gasteiger partial charge in [-0.3, -0.25) is 24.6 Å². The maximum atomic E-state index is 11.9. The maximum Gasteiger partial charge on any atom is 0.325 e. The average molecular weight is 293 g/mol. The highest BCUT2D eigenvalue weighted by molar-refractivity contribution is 6.06. The van der Waals surface area contributed by atoms with Crippen LogP contribution >= 0.6 is 0 Å². The van der Waals surface area contributed by atoms with Gasteiger partial charge in [0.2, 0.25) is 0 Å². The van der Waals surface area contributed by atoms with Crippen molar-refractivity contribution >= 4 is 23.6 Å². The number of nitro groups is 1. The van der Waals surface area contributed by atoms with Crippen LogP contribution in [0.15, 0.2) is 24.3 Å². The van der Waals surface area contributed by atoms with Crippen molar-refractivity contribution in [2.75, 3.05) is 6.54 Å². The summed E-state index contributed by atoms with van der Waals surface area (Å²) in [6.07, 6.45) is 0.138. The quantitative estimate of drug-likeness (QED) is 0.451. The topological polar surface area (TPSA) is 130 Å². The van der Waals surface area contributed by atoms with E-state index in [1.165, 1.54) is 24.3 Å². The van der Waals surface area contributed by atoms with Crippen molar-refractivity contribution < 1.29 is 24.4 Å². The van der Waals surface area contributed by atoms with E-state index in [0.29, 0.717) is 10.5 Å². The largest absolute Gasteiger partial charge is 0.480 e. The molecule has 9 heteroatoms. The van der Waals surface area contributed by atoms with Gasteiger partial charge in [0, 0.05) is 18.6 Å². The summed E-state index contributed by atoms with van der Waals surface area (Å²) in [6.45, 7) is -0.693. The number of carboxylic acids is 1. The number of non-ortho nitro benzene ring substituents is 1. The molecule has 0 unspecified atom stereocenters. The Morgan fingerprint density at radius 1 is 1.33 bits per heavy atom. The van der Waals surface area contributed by atoms with Gasteiger partial charge in [-0.05, 0) is 5.56 Å². The van der Waals surface area contributed by atoms with Gasteiger partial charge in [0.1, 0.15) is 12.6 Å². The fourth-order valence-corrected chi connectivity index (χ4v) is 1.99. The molecule has 1 fully saturated rings. The molecule has 0 aliphatic carbocycles. The van der Waals surface area contributed by atoms with Crippen LogP contribution in [0.5, 0.6) is 0 Å². The standard InChI is InChI=1S/C12H11N3O6/c16-10(17)6-14-11(18)9(13-12(14)19)5-7-1-3-8(4-2-7)15(20)21/h1-4,9H,5-6H2,(H,13,19)(H,16,17)/t9-/m0/s1. The molecule has 110 valence electrons. The third kappa shape index (κ3) is 3.14. The molecule has 1 aromatic carbocycles. The Kier molecular flexibility index (Phi) is 3.83. The number of carbonyl (C=O) groups is 3. The lowest BCUT2D eigenvalue weighted by atomic mass is 10.1. The van der Waals surface area contributed by atoms with Crippen LogP contribution in [0.4, 0.5) is 10.5 Å². The van der Waals surface area contributed by atoms with E-state index in [2.05, 4.69) is 5.32 Å². The number of urea groups is 1. The molecule has 2 rings (SSSR count). The summed E-state index contributed by atoms with van der Waals surface area (Å²) in [6, 6.07) is 3.94. The number of amides is 3. The number of rotatable bonds is 5. The molecule has 1 saturated heterocycles. The van der Waals surface area contributed by atoms with Crippen molar-refractivity contribution in [1.82, 2.24) is 10.2 Å². The molecule has 0 bridgehead atoms. The smallest absolute Gasteiger partial charge is 0.325 e. The third-order valence-electron chi connectivity index (χ3n) is 2.99. The average Bonchev–Trinajstić information content (AvgIpc) is 2.67. The highest BCUT2D eigenvalue weighted by Gasteiger charge is 2.38. The van der Waals surface area contributed by atoms with Crippen molar-refractivity contribution in [3.63, 3.8) is 0 Å². The number of nitro benzene ring substituents is 1. The van der Waals surface area contributed by atoms with Crippen LogP contribution in [-0.2, 0) is 16.0 Å². The minimum Gasteiger partial charge on any atom is -0.480 e. The predicted molar refractivity (Wildman–Crippen MR) is 68.5 cm³/mol. The second-order valence-corrected chi connectivity index (χ2v) is 4.45. The number of carbonyl (C=O) groups excluding carboxylic acids is 2. The summed E-state index contributed by atoms with van der Waals surface area (Å²) in [4.78, 5) is 44.6. The number of aliphatic carboxylic acids is 1. The van der Waals surface area contributed by atoms with Gasteiger partial charge in [-0.1, -0.05) is 12.1 Å². The van der Waals surface area contributed by atoms with E-state index in [4.69, 9.17) is 5.11 Å². The van der Waals surface area contributed by atoms with Crippen LogP contribution in [0.3, 0.4) is 0 Å².